The van der Waals surface area contributed by atoms with Gasteiger partial charge in [-0.15, -0.1) is 0 Å². The van der Waals surface area contributed by atoms with Gasteiger partial charge < -0.3 is 9.64 Å². The number of nitrogens with zero attached hydrogens (tertiary/aromatic N) is 2. The smallest absolute Gasteiger partial charge is 0.243 e. The molecule has 0 aromatic heterocycles. The van der Waals surface area contributed by atoms with E-state index in [9.17, 15) is 17.2 Å². The molecule has 8 heteroatoms. The molecule has 0 atom stereocenters. The average Bonchev–Trinajstić information content (AvgIpc) is 2.62. The Kier molecular flexibility index (Phi) is 4.91. The standard InChI is InChI=1S/C17H18F2N2O3S/c1-24-17-7-6-13(12-15(17)19)25(22,23)21-10-8-20(9-11-21)16-5-3-2-4-14(16)18/h2-7,12H,8-11H2,1H3. The van der Waals surface area contributed by atoms with Crippen molar-refractivity contribution < 1.29 is 21.9 Å². The third-order valence-electron chi connectivity index (χ3n) is 4.19. The van der Waals surface area contributed by atoms with Crippen LogP contribution in [0, 0.1) is 11.6 Å². The van der Waals surface area contributed by atoms with Crippen molar-refractivity contribution in [3.63, 3.8) is 0 Å². The van der Waals surface area contributed by atoms with Crippen LogP contribution in [0.5, 0.6) is 5.75 Å². The van der Waals surface area contributed by atoms with E-state index in [-0.39, 0.29) is 29.6 Å². The molecule has 5 nitrogen and oxygen atoms in total. The van der Waals surface area contributed by atoms with Crippen molar-refractivity contribution in [3.05, 3.63) is 54.1 Å². The predicted molar refractivity (Wildman–Crippen MR) is 90.3 cm³/mol. The fourth-order valence-electron chi connectivity index (χ4n) is 2.83. The molecule has 134 valence electrons. The Bertz CT molecular complexity index is 866. The van der Waals surface area contributed by atoms with Crippen LogP contribution >= 0.6 is 0 Å². The molecule has 1 saturated heterocycles. The Hall–Kier alpha value is -2.19. The number of ether oxygens (including phenoxy) is 1. The van der Waals surface area contributed by atoms with Gasteiger partial charge in [0.25, 0.3) is 0 Å². The van der Waals surface area contributed by atoms with Crippen LogP contribution in [0.2, 0.25) is 0 Å². The summed E-state index contributed by atoms with van der Waals surface area (Å²) in [7, 11) is -2.49. The molecule has 0 radical (unpaired) electrons. The van der Waals surface area contributed by atoms with Gasteiger partial charge in [-0.05, 0) is 30.3 Å². The number of para-hydroxylation sites is 1. The fourth-order valence-corrected chi connectivity index (χ4v) is 4.27. The van der Waals surface area contributed by atoms with E-state index >= 15 is 0 Å². The summed E-state index contributed by atoms with van der Waals surface area (Å²) in [5.74, 6) is -1.08. The average molecular weight is 368 g/mol. The number of methoxy groups -OCH3 is 1. The van der Waals surface area contributed by atoms with Crippen LogP contribution in [-0.4, -0.2) is 46.0 Å². The number of anilines is 1. The molecule has 0 saturated carbocycles. The van der Waals surface area contributed by atoms with E-state index in [1.54, 1.807) is 23.1 Å². The maximum Gasteiger partial charge on any atom is 0.243 e. The molecule has 2 aromatic rings. The highest BCUT2D eigenvalue weighted by molar-refractivity contribution is 7.89. The lowest BCUT2D eigenvalue weighted by Gasteiger charge is -2.35. The summed E-state index contributed by atoms with van der Waals surface area (Å²) in [4.78, 5) is 1.68. The van der Waals surface area contributed by atoms with Gasteiger partial charge in [0.05, 0.1) is 17.7 Å². The lowest BCUT2D eigenvalue weighted by Crippen LogP contribution is -2.48. The third kappa shape index (κ3) is 3.45. The van der Waals surface area contributed by atoms with Crippen molar-refractivity contribution in [2.24, 2.45) is 0 Å². The third-order valence-corrected chi connectivity index (χ3v) is 6.09. The topological polar surface area (TPSA) is 49.9 Å². The highest BCUT2D eigenvalue weighted by atomic mass is 32.2. The first-order chi connectivity index (χ1) is 11.9. The van der Waals surface area contributed by atoms with Gasteiger partial charge in [-0.1, -0.05) is 12.1 Å². The van der Waals surface area contributed by atoms with E-state index in [2.05, 4.69) is 0 Å². The number of hydrogen-bond acceptors (Lipinski definition) is 4. The summed E-state index contributed by atoms with van der Waals surface area (Å²) >= 11 is 0. The first-order valence-corrected chi connectivity index (χ1v) is 9.20. The summed E-state index contributed by atoms with van der Waals surface area (Å²) in [5.41, 5.74) is 0.454. The number of rotatable bonds is 4. The van der Waals surface area contributed by atoms with Gasteiger partial charge in [-0.3, -0.25) is 0 Å². The van der Waals surface area contributed by atoms with Crippen LogP contribution in [0.3, 0.4) is 0 Å². The number of halogens is 2. The van der Waals surface area contributed by atoms with E-state index in [0.29, 0.717) is 18.8 Å². The lowest BCUT2D eigenvalue weighted by atomic mass is 10.2. The maximum absolute atomic E-state index is 13.9. The van der Waals surface area contributed by atoms with E-state index in [4.69, 9.17) is 4.74 Å². The first-order valence-electron chi connectivity index (χ1n) is 7.76. The maximum atomic E-state index is 13.9. The SMILES string of the molecule is COc1ccc(S(=O)(=O)N2CCN(c3ccccc3F)CC2)cc1F. The Morgan fingerprint density at radius 2 is 1.64 bits per heavy atom. The normalized spacial score (nSPS) is 16.0. The molecule has 0 N–H and O–H groups in total. The lowest BCUT2D eigenvalue weighted by molar-refractivity contribution is 0.379. The van der Waals surface area contributed by atoms with Gasteiger partial charge in [0.2, 0.25) is 10.0 Å². The van der Waals surface area contributed by atoms with Crippen molar-refractivity contribution >= 4 is 15.7 Å². The minimum absolute atomic E-state index is 0.0108. The minimum atomic E-state index is -3.81. The summed E-state index contributed by atoms with van der Waals surface area (Å²) in [6.45, 7) is 1.12. The van der Waals surface area contributed by atoms with E-state index in [1.807, 2.05) is 0 Å². The zero-order chi connectivity index (χ0) is 18.0. The molecule has 1 aliphatic rings. The quantitative estimate of drug-likeness (QED) is 0.832. The molecule has 1 heterocycles. The van der Waals surface area contributed by atoms with Gasteiger partial charge in [0.1, 0.15) is 5.82 Å². The van der Waals surface area contributed by atoms with Crippen molar-refractivity contribution in [2.45, 2.75) is 4.90 Å². The number of sulfonamides is 1. The van der Waals surface area contributed by atoms with Crippen molar-refractivity contribution in [1.29, 1.82) is 0 Å². The second-order valence-electron chi connectivity index (χ2n) is 5.64. The van der Waals surface area contributed by atoms with Gasteiger partial charge in [0, 0.05) is 26.2 Å². The van der Waals surface area contributed by atoms with Crippen molar-refractivity contribution in [2.75, 3.05) is 38.2 Å². The van der Waals surface area contributed by atoms with Gasteiger partial charge in [-0.25, -0.2) is 17.2 Å². The van der Waals surface area contributed by atoms with E-state index < -0.39 is 15.8 Å². The van der Waals surface area contributed by atoms with E-state index in [1.165, 1.54) is 29.6 Å². The van der Waals surface area contributed by atoms with Gasteiger partial charge in [0.15, 0.2) is 11.6 Å². The molecule has 25 heavy (non-hydrogen) atoms. The van der Waals surface area contributed by atoms with Crippen LogP contribution < -0.4 is 9.64 Å². The molecule has 2 aromatic carbocycles. The summed E-state index contributed by atoms with van der Waals surface area (Å²) in [5, 5.41) is 0. The van der Waals surface area contributed by atoms with Crippen molar-refractivity contribution in [3.8, 4) is 5.75 Å². The molecule has 0 amide bonds. The summed E-state index contributed by atoms with van der Waals surface area (Å²) in [6.07, 6.45) is 0. The van der Waals surface area contributed by atoms with Gasteiger partial charge >= 0.3 is 0 Å². The fraction of sp³-hybridized carbons (Fsp3) is 0.294. The summed E-state index contributed by atoms with van der Waals surface area (Å²) in [6, 6.07) is 9.95. The predicted octanol–water partition coefficient (Wildman–Crippen LogP) is 2.48. The molecule has 0 aliphatic carbocycles. The largest absolute Gasteiger partial charge is 0.494 e. The highest BCUT2D eigenvalue weighted by Crippen LogP contribution is 2.25. The van der Waals surface area contributed by atoms with Crippen LogP contribution in [0.1, 0.15) is 0 Å². The van der Waals surface area contributed by atoms with Crippen molar-refractivity contribution in [1.82, 2.24) is 4.31 Å². The molecule has 0 unspecified atom stereocenters. The summed E-state index contributed by atoms with van der Waals surface area (Å²) < 4.78 is 59.1. The molecule has 1 fully saturated rings. The molecule has 3 rings (SSSR count). The molecule has 0 spiro atoms. The number of piperazine rings is 1. The Balaban J connectivity index is 1.76. The molecule has 0 bridgehead atoms. The van der Waals surface area contributed by atoms with Crippen LogP contribution in [0.15, 0.2) is 47.4 Å². The molecule has 1 aliphatic heterocycles. The van der Waals surface area contributed by atoms with Crippen LogP contribution in [-0.2, 0) is 10.0 Å². The first kappa shape index (κ1) is 17.6. The Morgan fingerprint density at radius 3 is 2.24 bits per heavy atom. The van der Waals surface area contributed by atoms with E-state index in [0.717, 1.165) is 6.07 Å². The minimum Gasteiger partial charge on any atom is -0.494 e. The highest BCUT2D eigenvalue weighted by Gasteiger charge is 2.29. The Labute approximate surface area is 145 Å². The number of benzene rings is 2. The second kappa shape index (κ2) is 6.97. The second-order valence-corrected chi connectivity index (χ2v) is 7.58. The molecular weight excluding hydrogens is 350 g/mol. The van der Waals surface area contributed by atoms with Crippen LogP contribution in [0.4, 0.5) is 14.5 Å². The Morgan fingerprint density at radius 1 is 0.960 bits per heavy atom. The zero-order valence-electron chi connectivity index (χ0n) is 13.7. The molecular formula is C17H18F2N2O3S. The zero-order valence-corrected chi connectivity index (χ0v) is 14.5. The van der Waals surface area contributed by atoms with Crippen LogP contribution in [0.25, 0.3) is 0 Å². The van der Waals surface area contributed by atoms with Gasteiger partial charge in [-0.2, -0.15) is 4.31 Å². The monoisotopic (exact) mass is 368 g/mol. The number of hydrogen-bond donors (Lipinski definition) is 0.